The van der Waals surface area contributed by atoms with E-state index >= 15 is 0 Å². The molecule has 3 rings (SSSR count). The van der Waals surface area contributed by atoms with Crippen LogP contribution in [0.4, 0.5) is 4.79 Å². The van der Waals surface area contributed by atoms with Crippen molar-refractivity contribution in [2.75, 3.05) is 13.1 Å². The summed E-state index contributed by atoms with van der Waals surface area (Å²) in [6.45, 7) is 9.09. The minimum atomic E-state index is -3.94. The highest BCUT2D eigenvalue weighted by atomic mass is 32.2. The minimum Gasteiger partial charge on any atom is -0.464 e. The van der Waals surface area contributed by atoms with E-state index in [1.807, 2.05) is 44.2 Å². The predicted octanol–water partition coefficient (Wildman–Crippen LogP) is 4.58. The van der Waals surface area contributed by atoms with Crippen LogP contribution in [0.1, 0.15) is 40.2 Å². The molecule has 1 amide bonds. The second-order valence-corrected chi connectivity index (χ2v) is 12.3. The van der Waals surface area contributed by atoms with Crippen molar-refractivity contribution in [2.24, 2.45) is 5.92 Å². The normalized spacial score (nSPS) is 14.2. The maximum Gasteiger partial charge on any atom is 0.407 e. The number of aliphatic hydroxyl groups is 1. The molecule has 1 unspecified atom stereocenters. The SMILES string of the molecule is CC(C)CN(C[C@@H](O)C(Cc1ccccc1)NC(=O)OC(C)(C)C)S(=O)(=O)c1ccc2occc2c1. The highest BCUT2D eigenvalue weighted by molar-refractivity contribution is 7.89. The first kappa shape index (κ1) is 27.7. The zero-order valence-corrected chi connectivity index (χ0v) is 22.3. The summed E-state index contributed by atoms with van der Waals surface area (Å²) >= 11 is 0. The number of aliphatic hydroxyl groups excluding tert-OH is 1. The largest absolute Gasteiger partial charge is 0.464 e. The summed E-state index contributed by atoms with van der Waals surface area (Å²) in [5, 5.41) is 14.7. The molecule has 0 saturated carbocycles. The molecule has 2 atom stereocenters. The molecule has 196 valence electrons. The van der Waals surface area contributed by atoms with Crippen LogP contribution in [0.25, 0.3) is 11.0 Å². The Morgan fingerprint density at radius 3 is 2.42 bits per heavy atom. The summed E-state index contributed by atoms with van der Waals surface area (Å²) in [4.78, 5) is 12.7. The van der Waals surface area contributed by atoms with Crippen molar-refractivity contribution in [1.82, 2.24) is 9.62 Å². The number of benzene rings is 2. The third-order valence-corrected chi connectivity index (χ3v) is 7.31. The maximum atomic E-state index is 13.6. The summed E-state index contributed by atoms with van der Waals surface area (Å²) in [7, 11) is -3.94. The van der Waals surface area contributed by atoms with Gasteiger partial charge in [-0.15, -0.1) is 0 Å². The minimum absolute atomic E-state index is 0.0102. The molecular formula is C27H36N2O6S. The van der Waals surface area contributed by atoms with Crippen LogP contribution in [0.15, 0.2) is 70.2 Å². The van der Waals surface area contributed by atoms with Crippen LogP contribution in [0.5, 0.6) is 0 Å². The average molecular weight is 517 g/mol. The standard InChI is InChI=1S/C27H36N2O6S/c1-19(2)17-29(36(32,33)22-11-12-25-21(16-22)13-14-34-25)18-24(30)23(15-20-9-7-6-8-10-20)28-26(31)35-27(3,4)5/h6-14,16,19,23-24,30H,15,17-18H2,1-5H3,(H,28,31)/t23?,24-/m1/s1. The molecule has 0 aliphatic carbocycles. The van der Waals surface area contributed by atoms with E-state index in [1.54, 1.807) is 39.0 Å². The van der Waals surface area contributed by atoms with E-state index in [0.29, 0.717) is 17.4 Å². The van der Waals surface area contributed by atoms with Gasteiger partial charge in [-0.25, -0.2) is 13.2 Å². The van der Waals surface area contributed by atoms with Crippen molar-refractivity contribution in [2.45, 2.75) is 63.7 Å². The van der Waals surface area contributed by atoms with E-state index in [4.69, 9.17) is 9.15 Å². The third-order valence-electron chi connectivity index (χ3n) is 5.49. The van der Waals surface area contributed by atoms with E-state index in [-0.39, 0.29) is 23.9 Å². The Hall–Kier alpha value is -2.88. The molecule has 36 heavy (non-hydrogen) atoms. The first-order valence-electron chi connectivity index (χ1n) is 12.0. The number of sulfonamides is 1. The molecule has 0 bridgehead atoms. The number of alkyl carbamates (subject to hydrolysis) is 1. The number of rotatable bonds is 10. The molecule has 9 heteroatoms. The van der Waals surface area contributed by atoms with Gasteiger partial charge in [-0.05, 0) is 62.9 Å². The van der Waals surface area contributed by atoms with Gasteiger partial charge < -0.3 is 19.6 Å². The molecule has 0 aliphatic rings. The number of hydrogen-bond donors (Lipinski definition) is 2. The van der Waals surface area contributed by atoms with Crippen molar-refractivity contribution in [3.8, 4) is 0 Å². The lowest BCUT2D eigenvalue weighted by Gasteiger charge is -2.31. The molecular weight excluding hydrogens is 480 g/mol. The first-order chi connectivity index (χ1) is 16.8. The Morgan fingerprint density at radius 1 is 1.08 bits per heavy atom. The second kappa shape index (κ2) is 11.5. The van der Waals surface area contributed by atoms with Gasteiger partial charge in [0.1, 0.15) is 11.2 Å². The molecule has 1 aromatic heterocycles. The summed E-state index contributed by atoms with van der Waals surface area (Å²) in [6.07, 6.45) is -0.0551. The number of hydrogen-bond acceptors (Lipinski definition) is 6. The van der Waals surface area contributed by atoms with E-state index in [1.165, 1.54) is 16.6 Å². The molecule has 0 aliphatic heterocycles. The van der Waals surface area contributed by atoms with Gasteiger partial charge in [0.15, 0.2) is 0 Å². The van der Waals surface area contributed by atoms with Crippen molar-refractivity contribution >= 4 is 27.1 Å². The summed E-state index contributed by atoms with van der Waals surface area (Å²) in [5.41, 5.74) is 0.764. The molecule has 8 nitrogen and oxygen atoms in total. The number of nitrogens with zero attached hydrogens (tertiary/aromatic N) is 1. The average Bonchev–Trinajstić information content (AvgIpc) is 3.25. The van der Waals surface area contributed by atoms with Crippen LogP contribution in [0.2, 0.25) is 0 Å². The molecule has 1 heterocycles. The summed E-state index contributed by atoms with van der Waals surface area (Å²) < 4.78 is 39.3. The lowest BCUT2D eigenvalue weighted by Crippen LogP contribution is -2.51. The van der Waals surface area contributed by atoms with Crippen molar-refractivity contribution in [3.05, 3.63) is 66.4 Å². The second-order valence-electron chi connectivity index (χ2n) is 10.3. The molecule has 3 aromatic rings. The van der Waals surface area contributed by atoms with Crippen molar-refractivity contribution < 1.29 is 27.5 Å². The van der Waals surface area contributed by atoms with Gasteiger partial charge in [-0.3, -0.25) is 0 Å². The summed E-state index contributed by atoms with van der Waals surface area (Å²) in [5.74, 6) is 0.0102. The molecule has 0 spiro atoms. The van der Waals surface area contributed by atoms with Gasteiger partial charge in [-0.2, -0.15) is 4.31 Å². The van der Waals surface area contributed by atoms with Crippen LogP contribution < -0.4 is 5.32 Å². The lowest BCUT2D eigenvalue weighted by atomic mass is 10.0. The Bertz CT molecular complexity index is 1250. The highest BCUT2D eigenvalue weighted by Crippen LogP contribution is 2.24. The van der Waals surface area contributed by atoms with Gasteiger partial charge in [0.05, 0.1) is 23.3 Å². The number of fused-ring (bicyclic) bond motifs is 1. The number of furan rings is 1. The third kappa shape index (κ3) is 7.56. The smallest absolute Gasteiger partial charge is 0.407 e. The van der Waals surface area contributed by atoms with Crippen LogP contribution >= 0.6 is 0 Å². The van der Waals surface area contributed by atoms with Crippen LogP contribution in [-0.4, -0.2) is 54.8 Å². The van der Waals surface area contributed by atoms with Crippen LogP contribution in [-0.2, 0) is 21.2 Å². The Labute approximate surface area is 213 Å². The fourth-order valence-electron chi connectivity index (χ4n) is 3.88. The molecule has 0 fully saturated rings. The number of carbonyl (C=O) groups is 1. The van der Waals surface area contributed by atoms with E-state index < -0.39 is 33.9 Å². The number of carbonyl (C=O) groups excluding carboxylic acids is 1. The van der Waals surface area contributed by atoms with Gasteiger partial charge in [0.2, 0.25) is 10.0 Å². The van der Waals surface area contributed by atoms with Crippen LogP contribution in [0.3, 0.4) is 0 Å². The van der Waals surface area contributed by atoms with Gasteiger partial charge in [-0.1, -0.05) is 44.2 Å². The molecule has 0 saturated heterocycles. The Kier molecular flexibility index (Phi) is 8.81. The quantitative estimate of drug-likeness (QED) is 0.408. The zero-order valence-electron chi connectivity index (χ0n) is 21.5. The van der Waals surface area contributed by atoms with Crippen molar-refractivity contribution in [3.63, 3.8) is 0 Å². The summed E-state index contributed by atoms with van der Waals surface area (Å²) in [6, 6.07) is 15.0. The molecule has 2 N–H and O–H groups in total. The highest BCUT2D eigenvalue weighted by Gasteiger charge is 2.32. The first-order valence-corrected chi connectivity index (χ1v) is 13.5. The Morgan fingerprint density at radius 2 is 1.78 bits per heavy atom. The van der Waals surface area contributed by atoms with E-state index in [9.17, 15) is 18.3 Å². The van der Waals surface area contributed by atoms with E-state index in [0.717, 1.165) is 5.56 Å². The fourth-order valence-corrected chi connectivity index (χ4v) is 5.54. The number of nitrogens with one attached hydrogen (secondary N) is 1. The number of amides is 1. The van der Waals surface area contributed by atoms with Gasteiger partial charge >= 0.3 is 6.09 Å². The molecule has 2 aromatic carbocycles. The number of ether oxygens (including phenoxy) is 1. The van der Waals surface area contributed by atoms with Gasteiger partial charge in [0.25, 0.3) is 0 Å². The topological polar surface area (TPSA) is 109 Å². The zero-order chi connectivity index (χ0) is 26.5. The monoisotopic (exact) mass is 516 g/mol. The molecule has 0 radical (unpaired) electrons. The Balaban J connectivity index is 1.87. The van der Waals surface area contributed by atoms with Gasteiger partial charge in [0, 0.05) is 18.5 Å². The van der Waals surface area contributed by atoms with Crippen LogP contribution in [0, 0.1) is 5.92 Å². The predicted molar refractivity (Wildman–Crippen MR) is 139 cm³/mol. The lowest BCUT2D eigenvalue weighted by molar-refractivity contribution is 0.0400. The van der Waals surface area contributed by atoms with E-state index in [2.05, 4.69) is 5.32 Å². The fraction of sp³-hybridized carbons (Fsp3) is 0.444. The maximum absolute atomic E-state index is 13.6. The van der Waals surface area contributed by atoms with Crippen molar-refractivity contribution in [1.29, 1.82) is 0 Å².